The van der Waals surface area contributed by atoms with E-state index in [0.717, 1.165) is 32.6 Å². The number of hydrogen-bond donors (Lipinski definition) is 1. The molecule has 0 radical (unpaired) electrons. The fourth-order valence-corrected chi connectivity index (χ4v) is 5.41. The maximum absolute atomic E-state index is 14.0. The van der Waals surface area contributed by atoms with E-state index >= 15 is 0 Å². The van der Waals surface area contributed by atoms with Crippen molar-refractivity contribution in [3.8, 4) is 5.75 Å². The molecule has 39 heavy (non-hydrogen) atoms. The van der Waals surface area contributed by atoms with E-state index < -0.39 is 28.5 Å². The van der Waals surface area contributed by atoms with Gasteiger partial charge in [-0.05, 0) is 53.9 Å². The zero-order valence-corrected chi connectivity index (χ0v) is 24.7. The maximum atomic E-state index is 14.0. The molecule has 0 spiro atoms. The van der Waals surface area contributed by atoms with Crippen LogP contribution in [0, 0.1) is 0 Å². The molecule has 0 heterocycles. The monoisotopic (exact) mass is 615 g/mol. The van der Waals surface area contributed by atoms with E-state index in [1.807, 2.05) is 61.5 Å². The Hall–Kier alpha value is -3.37. The van der Waals surface area contributed by atoms with E-state index in [2.05, 4.69) is 21.2 Å². The predicted molar refractivity (Wildman–Crippen MR) is 157 cm³/mol. The first kappa shape index (κ1) is 30.2. The highest BCUT2D eigenvalue weighted by molar-refractivity contribution is 9.10. The minimum atomic E-state index is -3.83. The zero-order valence-electron chi connectivity index (χ0n) is 22.3. The van der Waals surface area contributed by atoms with Gasteiger partial charge in [-0.2, -0.15) is 0 Å². The number of amides is 2. The van der Waals surface area contributed by atoms with Gasteiger partial charge in [0.1, 0.15) is 18.3 Å². The Morgan fingerprint density at radius 2 is 1.64 bits per heavy atom. The van der Waals surface area contributed by atoms with Crippen LogP contribution < -0.4 is 14.4 Å². The van der Waals surface area contributed by atoms with Crippen molar-refractivity contribution < 1.29 is 22.7 Å². The van der Waals surface area contributed by atoms with Crippen molar-refractivity contribution in [1.82, 2.24) is 10.2 Å². The molecule has 8 nitrogen and oxygen atoms in total. The molecule has 3 aromatic carbocycles. The molecule has 0 fully saturated rings. The molecule has 0 aliphatic rings. The number of methoxy groups -OCH3 is 1. The lowest BCUT2D eigenvalue weighted by molar-refractivity contribution is -0.140. The summed E-state index contributed by atoms with van der Waals surface area (Å²) >= 11 is 3.47. The van der Waals surface area contributed by atoms with Crippen molar-refractivity contribution in [3.63, 3.8) is 0 Å². The van der Waals surface area contributed by atoms with Gasteiger partial charge in [0.05, 0.1) is 19.1 Å². The van der Waals surface area contributed by atoms with Crippen molar-refractivity contribution in [2.75, 3.05) is 30.8 Å². The number of rotatable bonds is 13. The highest BCUT2D eigenvalue weighted by Gasteiger charge is 2.33. The van der Waals surface area contributed by atoms with Crippen LogP contribution in [-0.2, 0) is 32.6 Å². The molecule has 2 amide bonds. The molecular formula is C29H34BrN3O5S. The van der Waals surface area contributed by atoms with E-state index in [0.29, 0.717) is 18.0 Å². The first-order valence-electron chi connectivity index (χ1n) is 12.6. The summed E-state index contributed by atoms with van der Waals surface area (Å²) in [4.78, 5) is 28.9. The Labute approximate surface area is 239 Å². The standard InChI is InChI=1S/C29H34BrN3O5S/c1-4-17-31-29(35)27(19-22-9-6-5-7-10-22)32(20-23-11-8-12-24(30)18-23)28(34)21-33(39(3,36)37)25-13-15-26(38-2)16-14-25/h5-16,18,27H,4,17,19-21H2,1-3H3,(H,31,35)/t27-/m0/s1. The lowest BCUT2D eigenvalue weighted by Gasteiger charge is -2.33. The Morgan fingerprint density at radius 3 is 2.23 bits per heavy atom. The molecule has 1 N–H and O–H groups in total. The second-order valence-electron chi connectivity index (χ2n) is 9.12. The number of sulfonamides is 1. The quantitative estimate of drug-likeness (QED) is 0.308. The lowest BCUT2D eigenvalue weighted by Crippen LogP contribution is -2.53. The summed E-state index contributed by atoms with van der Waals surface area (Å²) in [6.07, 6.45) is 2.07. The number of nitrogens with one attached hydrogen (secondary N) is 1. The van der Waals surface area contributed by atoms with Gasteiger partial charge in [0.15, 0.2) is 0 Å². The Balaban J connectivity index is 2.03. The van der Waals surface area contributed by atoms with Crippen LogP contribution in [0.5, 0.6) is 5.75 Å². The number of carbonyl (C=O) groups excluding carboxylic acids is 2. The summed E-state index contributed by atoms with van der Waals surface area (Å²) in [5, 5.41) is 2.93. The molecule has 0 aliphatic carbocycles. The smallest absolute Gasteiger partial charge is 0.244 e. The van der Waals surface area contributed by atoms with Gasteiger partial charge in [-0.1, -0.05) is 65.3 Å². The topological polar surface area (TPSA) is 96.0 Å². The van der Waals surface area contributed by atoms with E-state index in [9.17, 15) is 18.0 Å². The number of ether oxygens (including phenoxy) is 1. The number of halogens is 1. The summed E-state index contributed by atoms with van der Waals surface area (Å²) < 4.78 is 32.7. The summed E-state index contributed by atoms with van der Waals surface area (Å²) in [6.45, 7) is 2.07. The minimum Gasteiger partial charge on any atom is -0.497 e. The van der Waals surface area contributed by atoms with E-state index in [1.165, 1.54) is 12.0 Å². The van der Waals surface area contributed by atoms with Gasteiger partial charge >= 0.3 is 0 Å². The zero-order chi connectivity index (χ0) is 28.4. The molecule has 0 aliphatic heterocycles. The molecule has 0 aromatic heterocycles. The van der Waals surface area contributed by atoms with Crippen LogP contribution in [0.2, 0.25) is 0 Å². The van der Waals surface area contributed by atoms with Gasteiger partial charge in [-0.3, -0.25) is 13.9 Å². The van der Waals surface area contributed by atoms with Gasteiger partial charge in [0.25, 0.3) is 0 Å². The van der Waals surface area contributed by atoms with Crippen LogP contribution in [0.3, 0.4) is 0 Å². The lowest BCUT2D eigenvalue weighted by atomic mass is 10.0. The van der Waals surface area contributed by atoms with E-state index in [1.54, 1.807) is 24.3 Å². The fraction of sp³-hybridized carbons (Fsp3) is 0.310. The normalized spacial score (nSPS) is 11.9. The van der Waals surface area contributed by atoms with Crippen LogP contribution in [-0.4, -0.2) is 57.6 Å². The summed E-state index contributed by atoms with van der Waals surface area (Å²) in [7, 11) is -2.31. The number of carbonyl (C=O) groups is 2. The molecule has 0 saturated heterocycles. The summed E-state index contributed by atoms with van der Waals surface area (Å²) in [6, 6.07) is 22.5. The summed E-state index contributed by atoms with van der Waals surface area (Å²) in [5.41, 5.74) is 2.01. The second kappa shape index (κ2) is 14.1. The van der Waals surface area contributed by atoms with Gasteiger partial charge in [-0.15, -0.1) is 0 Å². The van der Waals surface area contributed by atoms with Crippen LogP contribution in [0.15, 0.2) is 83.3 Å². The van der Waals surface area contributed by atoms with E-state index in [-0.39, 0.29) is 18.9 Å². The van der Waals surface area contributed by atoms with Crippen molar-refractivity contribution in [1.29, 1.82) is 0 Å². The molecular weight excluding hydrogens is 582 g/mol. The number of nitrogens with zero attached hydrogens (tertiary/aromatic N) is 2. The second-order valence-corrected chi connectivity index (χ2v) is 11.9. The predicted octanol–water partition coefficient (Wildman–Crippen LogP) is 4.39. The van der Waals surface area contributed by atoms with Gasteiger partial charge in [0, 0.05) is 24.0 Å². The molecule has 10 heteroatoms. The van der Waals surface area contributed by atoms with Crippen LogP contribution in [0.25, 0.3) is 0 Å². The van der Waals surface area contributed by atoms with Crippen molar-refractivity contribution in [3.05, 3.63) is 94.5 Å². The SMILES string of the molecule is CCCNC(=O)[C@H](Cc1ccccc1)N(Cc1cccc(Br)c1)C(=O)CN(c1ccc(OC)cc1)S(C)(=O)=O. The first-order valence-corrected chi connectivity index (χ1v) is 15.2. The Kier molecular flexibility index (Phi) is 10.9. The van der Waals surface area contributed by atoms with Gasteiger partial charge in [-0.25, -0.2) is 8.42 Å². The average molecular weight is 617 g/mol. The third-order valence-corrected chi connectivity index (χ3v) is 7.74. The molecule has 0 bridgehead atoms. The van der Waals surface area contributed by atoms with Crippen molar-refractivity contribution in [2.45, 2.75) is 32.4 Å². The third kappa shape index (κ3) is 8.83. The molecule has 0 saturated carbocycles. The number of anilines is 1. The van der Waals surface area contributed by atoms with Crippen LogP contribution in [0.1, 0.15) is 24.5 Å². The van der Waals surface area contributed by atoms with E-state index in [4.69, 9.17) is 4.74 Å². The van der Waals surface area contributed by atoms with Gasteiger partial charge < -0.3 is 15.0 Å². The molecule has 3 aromatic rings. The van der Waals surface area contributed by atoms with Crippen LogP contribution in [0.4, 0.5) is 5.69 Å². The first-order chi connectivity index (χ1) is 18.6. The third-order valence-electron chi connectivity index (χ3n) is 6.10. The largest absolute Gasteiger partial charge is 0.497 e. The Morgan fingerprint density at radius 1 is 0.974 bits per heavy atom. The van der Waals surface area contributed by atoms with Crippen molar-refractivity contribution in [2.24, 2.45) is 0 Å². The molecule has 3 rings (SSSR count). The summed E-state index contributed by atoms with van der Waals surface area (Å²) in [5.74, 6) is -0.228. The maximum Gasteiger partial charge on any atom is 0.244 e. The average Bonchev–Trinajstić information content (AvgIpc) is 2.92. The number of benzene rings is 3. The number of hydrogen-bond acceptors (Lipinski definition) is 5. The molecule has 0 unspecified atom stereocenters. The van der Waals surface area contributed by atoms with Crippen LogP contribution >= 0.6 is 15.9 Å². The fourth-order valence-electron chi connectivity index (χ4n) is 4.11. The highest BCUT2D eigenvalue weighted by Crippen LogP contribution is 2.23. The Bertz CT molecular complexity index is 1350. The van der Waals surface area contributed by atoms with Crippen molar-refractivity contribution >= 4 is 43.5 Å². The molecule has 208 valence electrons. The highest BCUT2D eigenvalue weighted by atomic mass is 79.9. The minimum absolute atomic E-state index is 0.121. The van der Waals surface area contributed by atoms with Gasteiger partial charge in [0.2, 0.25) is 21.8 Å². The molecule has 1 atom stereocenters.